The number of hydrogen-bond donors (Lipinski definition) is 2. The van der Waals surface area contributed by atoms with E-state index in [1.165, 1.54) is 0 Å². The zero-order chi connectivity index (χ0) is 11.5. The van der Waals surface area contributed by atoms with Gasteiger partial charge in [-0.25, -0.2) is 0 Å². The fourth-order valence-electron chi connectivity index (χ4n) is 1.42. The molecule has 1 aliphatic heterocycles. The Hall–Kier alpha value is -1.75. The molecule has 1 aromatic carbocycles. The van der Waals surface area contributed by atoms with Gasteiger partial charge in [0.1, 0.15) is 0 Å². The molecule has 0 saturated carbocycles. The molecule has 0 fully saturated rings. The van der Waals surface area contributed by atoms with E-state index in [0.29, 0.717) is 6.54 Å². The number of nitrogens with two attached hydrogens (primary N) is 1. The lowest BCUT2D eigenvalue weighted by molar-refractivity contribution is -0.119. The molecule has 16 heavy (non-hydrogen) atoms. The van der Waals surface area contributed by atoms with Gasteiger partial charge in [-0.2, -0.15) is 0 Å². The van der Waals surface area contributed by atoms with Gasteiger partial charge in [0.05, 0.1) is 6.04 Å². The normalized spacial score (nSPS) is 14.8. The van der Waals surface area contributed by atoms with Crippen LogP contribution in [0.2, 0.25) is 0 Å². The van der Waals surface area contributed by atoms with Gasteiger partial charge in [-0.05, 0) is 24.6 Å². The van der Waals surface area contributed by atoms with Gasteiger partial charge in [-0.15, -0.1) is 0 Å². The van der Waals surface area contributed by atoms with E-state index in [1.807, 2.05) is 18.2 Å². The van der Waals surface area contributed by atoms with Gasteiger partial charge >= 0.3 is 0 Å². The number of carbonyl (C=O) groups is 1. The second-order valence-electron chi connectivity index (χ2n) is 3.69. The van der Waals surface area contributed by atoms with Gasteiger partial charge in [-0.3, -0.25) is 4.79 Å². The maximum Gasteiger partial charge on any atom is 0.234 e. The zero-order valence-corrected chi connectivity index (χ0v) is 9.03. The molecule has 86 valence electrons. The Morgan fingerprint density at radius 1 is 1.50 bits per heavy atom. The molecule has 3 N–H and O–H groups in total. The highest BCUT2D eigenvalue weighted by Gasteiger charge is 2.13. The van der Waals surface area contributed by atoms with Crippen LogP contribution in [0.4, 0.5) is 0 Å². The smallest absolute Gasteiger partial charge is 0.234 e. The van der Waals surface area contributed by atoms with Crippen LogP contribution in [0.3, 0.4) is 0 Å². The van der Waals surface area contributed by atoms with Crippen molar-refractivity contribution in [2.24, 2.45) is 5.73 Å². The van der Waals surface area contributed by atoms with Gasteiger partial charge in [0.15, 0.2) is 11.5 Å². The van der Waals surface area contributed by atoms with E-state index in [2.05, 4.69) is 5.32 Å². The molecule has 5 heteroatoms. The number of primary amides is 1. The summed E-state index contributed by atoms with van der Waals surface area (Å²) in [5, 5.41) is 3.02. The molecule has 1 amide bonds. The lowest BCUT2D eigenvalue weighted by atomic mass is 10.2. The van der Waals surface area contributed by atoms with Crippen molar-refractivity contribution >= 4 is 5.91 Å². The van der Waals surface area contributed by atoms with E-state index in [1.54, 1.807) is 6.92 Å². The van der Waals surface area contributed by atoms with Crippen molar-refractivity contribution in [3.63, 3.8) is 0 Å². The molecule has 0 saturated heterocycles. The summed E-state index contributed by atoms with van der Waals surface area (Å²) < 4.78 is 10.5. The predicted octanol–water partition coefficient (Wildman–Crippen LogP) is 0.379. The molecular weight excluding hydrogens is 208 g/mol. The van der Waals surface area contributed by atoms with Crippen molar-refractivity contribution in [2.45, 2.75) is 19.5 Å². The van der Waals surface area contributed by atoms with Crippen LogP contribution >= 0.6 is 0 Å². The molecule has 1 unspecified atom stereocenters. The Labute approximate surface area is 93.5 Å². The second kappa shape index (κ2) is 4.40. The molecule has 5 nitrogen and oxygen atoms in total. The molecule has 0 aromatic heterocycles. The zero-order valence-electron chi connectivity index (χ0n) is 9.03. The molecule has 1 aliphatic rings. The first-order chi connectivity index (χ1) is 7.66. The van der Waals surface area contributed by atoms with E-state index in [-0.39, 0.29) is 18.7 Å². The van der Waals surface area contributed by atoms with Crippen molar-refractivity contribution in [3.8, 4) is 11.5 Å². The summed E-state index contributed by atoms with van der Waals surface area (Å²) in [6.07, 6.45) is 0. The van der Waals surface area contributed by atoms with Crippen LogP contribution in [0.5, 0.6) is 11.5 Å². The quantitative estimate of drug-likeness (QED) is 0.772. The first kappa shape index (κ1) is 10.8. The van der Waals surface area contributed by atoms with Gasteiger partial charge < -0.3 is 20.5 Å². The number of fused-ring (bicyclic) bond motifs is 1. The second-order valence-corrected chi connectivity index (χ2v) is 3.69. The van der Waals surface area contributed by atoms with Crippen molar-refractivity contribution in [1.29, 1.82) is 0 Å². The van der Waals surface area contributed by atoms with Crippen LogP contribution in [0.25, 0.3) is 0 Å². The van der Waals surface area contributed by atoms with E-state index in [4.69, 9.17) is 15.2 Å². The predicted molar refractivity (Wildman–Crippen MR) is 58.1 cm³/mol. The van der Waals surface area contributed by atoms with E-state index in [9.17, 15) is 4.79 Å². The molecule has 2 rings (SSSR count). The fourth-order valence-corrected chi connectivity index (χ4v) is 1.42. The van der Waals surface area contributed by atoms with Crippen molar-refractivity contribution in [1.82, 2.24) is 5.32 Å². The van der Waals surface area contributed by atoms with Gasteiger partial charge in [0.2, 0.25) is 12.7 Å². The first-order valence-corrected chi connectivity index (χ1v) is 5.08. The number of carbonyl (C=O) groups excluding carboxylic acids is 1. The lowest BCUT2D eigenvalue weighted by Crippen LogP contribution is -2.38. The standard InChI is InChI=1S/C11H14N2O3/c1-7(11(12)14)13-5-8-2-3-9-10(4-8)16-6-15-9/h2-4,7,13H,5-6H2,1H3,(H2,12,14). The third-order valence-electron chi connectivity index (χ3n) is 2.48. The van der Waals surface area contributed by atoms with Crippen LogP contribution in [0.1, 0.15) is 12.5 Å². The molecule has 0 aliphatic carbocycles. The average Bonchev–Trinajstić information content (AvgIpc) is 2.72. The Morgan fingerprint density at radius 3 is 3.00 bits per heavy atom. The van der Waals surface area contributed by atoms with Gasteiger partial charge in [0, 0.05) is 6.54 Å². The molecule has 1 aromatic rings. The van der Waals surface area contributed by atoms with Crippen molar-refractivity contribution < 1.29 is 14.3 Å². The number of benzene rings is 1. The highest BCUT2D eigenvalue weighted by atomic mass is 16.7. The molecule has 1 atom stereocenters. The molecule has 0 spiro atoms. The molecular formula is C11H14N2O3. The first-order valence-electron chi connectivity index (χ1n) is 5.08. The highest BCUT2D eigenvalue weighted by molar-refractivity contribution is 5.79. The minimum absolute atomic E-state index is 0.268. The minimum Gasteiger partial charge on any atom is -0.454 e. The van der Waals surface area contributed by atoms with E-state index < -0.39 is 0 Å². The number of amides is 1. The summed E-state index contributed by atoms with van der Waals surface area (Å²) in [6.45, 7) is 2.57. The summed E-state index contributed by atoms with van der Waals surface area (Å²) >= 11 is 0. The van der Waals surface area contributed by atoms with Gasteiger partial charge in [0.25, 0.3) is 0 Å². The molecule has 0 radical (unpaired) electrons. The van der Waals surface area contributed by atoms with E-state index >= 15 is 0 Å². The number of nitrogens with one attached hydrogen (secondary N) is 1. The molecule has 1 heterocycles. The van der Waals surface area contributed by atoms with Crippen LogP contribution in [0, 0.1) is 0 Å². The maximum atomic E-state index is 10.8. The topological polar surface area (TPSA) is 73.6 Å². The average molecular weight is 222 g/mol. The number of hydrogen-bond acceptors (Lipinski definition) is 4. The highest BCUT2D eigenvalue weighted by Crippen LogP contribution is 2.32. The summed E-state index contributed by atoms with van der Waals surface area (Å²) in [7, 11) is 0. The fraction of sp³-hybridized carbons (Fsp3) is 0.364. The Balaban J connectivity index is 1.98. The van der Waals surface area contributed by atoms with Crippen LogP contribution in [-0.4, -0.2) is 18.7 Å². The lowest BCUT2D eigenvalue weighted by Gasteiger charge is -2.10. The maximum absolute atomic E-state index is 10.8. The molecule has 0 bridgehead atoms. The Bertz CT molecular complexity index is 406. The van der Waals surface area contributed by atoms with E-state index in [0.717, 1.165) is 17.1 Å². The Morgan fingerprint density at radius 2 is 2.25 bits per heavy atom. The number of rotatable bonds is 4. The summed E-state index contributed by atoms with van der Waals surface area (Å²) in [5.74, 6) is 1.14. The number of ether oxygens (including phenoxy) is 2. The van der Waals surface area contributed by atoms with Crippen LogP contribution in [0.15, 0.2) is 18.2 Å². The monoisotopic (exact) mass is 222 g/mol. The van der Waals surface area contributed by atoms with Crippen molar-refractivity contribution in [3.05, 3.63) is 23.8 Å². The summed E-state index contributed by atoms with van der Waals surface area (Å²) in [4.78, 5) is 10.8. The summed E-state index contributed by atoms with van der Waals surface area (Å²) in [6, 6.07) is 5.33. The van der Waals surface area contributed by atoms with Crippen LogP contribution in [-0.2, 0) is 11.3 Å². The SMILES string of the molecule is CC(NCc1ccc2c(c1)OCO2)C(N)=O. The minimum atomic E-state index is -0.360. The van der Waals surface area contributed by atoms with Crippen molar-refractivity contribution in [2.75, 3.05) is 6.79 Å². The largest absolute Gasteiger partial charge is 0.454 e. The van der Waals surface area contributed by atoms with Gasteiger partial charge in [-0.1, -0.05) is 6.07 Å². The third-order valence-corrected chi connectivity index (χ3v) is 2.48. The summed E-state index contributed by atoms with van der Waals surface area (Å²) in [5.41, 5.74) is 6.17. The third kappa shape index (κ3) is 2.25. The van der Waals surface area contributed by atoms with Crippen LogP contribution < -0.4 is 20.5 Å². The Kier molecular flexibility index (Phi) is 2.96.